The Balaban J connectivity index is 1.25. The molecule has 48 heavy (non-hydrogen) atoms. The Morgan fingerprint density at radius 3 is 1.46 bits per heavy atom. The van der Waals surface area contributed by atoms with Gasteiger partial charge in [0, 0.05) is 10.8 Å². The molecule has 0 amide bonds. The third-order valence-corrected chi connectivity index (χ3v) is 11.7. The average molecular weight is 613 g/mol. The van der Waals surface area contributed by atoms with Gasteiger partial charge in [0.2, 0.25) is 0 Å². The zero-order chi connectivity index (χ0) is 32.4. The topological polar surface area (TPSA) is 0 Å². The Morgan fingerprint density at radius 1 is 0.312 bits per heavy atom. The molecule has 0 unspecified atom stereocenters. The molecule has 0 saturated heterocycles. The van der Waals surface area contributed by atoms with E-state index in [1.165, 1.54) is 99.1 Å². The Labute approximate surface area is 282 Å². The smallest absolute Gasteiger partial charge is 0.0159 e. The average Bonchev–Trinajstić information content (AvgIpc) is 3.49. The number of hydrogen-bond donors (Lipinski definition) is 0. The molecule has 0 aromatic heterocycles. The molecule has 8 aromatic rings. The van der Waals surface area contributed by atoms with E-state index in [1.807, 2.05) is 0 Å². The van der Waals surface area contributed by atoms with Gasteiger partial charge in [-0.3, -0.25) is 0 Å². The summed E-state index contributed by atoms with van der Waals surface area (Å²) in [5.74, 6) is 0. The quantitative estimate of drug-likeness (QED) is 0.170. The zero-order valence-electron chi connectivity index (χ0n) is 27.9. The Morgan fingerprint density at radius 2 is 0.792 bits per heavy atom. The second-order valence-corrected chi connectivity index (χ2v) is 14.8. The lowest BCUT2D eigenvalue weighted by Crippen LogP contribution is -2.17. The fourth-order valence-corrected chi connectivity index (χ4v) is 9.35. The van der Waals surface area contributed by atoms with Crippen LogP contribution in [-0.4, -0.2) is 0 Å². The van der Waals surface area contributed by atoms with Crippen LogP contribution in [0.2, 0.25) is 0 Å². The summed E-state index contributed by atoms with van der Waals surface area (Å²) in [5, 5.41) is 7.74. The molecule has 0 spiro atoms. The summed E-state index contributed by atoms with van der Waals surface area (Å²) in [5.41, 5.74) is 16.4. The molecule has 0 bridgehead atoms. The molecular formula is C48H36. The van der Waals surface area contributed by atoms with E-state index in [1.54, 1.807) is 0 Å². The van der Waals surface area contributed by atoms with Crippen LogP contribution in [0, 0.1) is 0 Å². The van der Waals surface area contributed by atoms with Gasteiger partial charge in [0.25, 0.3) is 0 Å². The molecule has 0 saturated carbocycles. The van der Waals surface area contributed by atoms with E-state index in [2.05, 4.69) is 173 Å². The standard InChI is InChI=1S/C48H36/c1-47(2)39-23-12-11-21-37(39)45-40(47)26-27-41-46(45)38-25-24-30(28-42(38)48(41,3)4)43-33-17-7-9-19-35(33)44(36-20-10-8-18-34(36)43)32-22-13-15-29-14-5-6-16-31(29)32/h5-28H,1-4H3. The molecule has 228 valence electrons. The second-order valence-electron chi connectivity index (χ2n) is 14.8. The highest BCUT2D eigenvalue weighted by molar-refractivity contribution is 6.23. The van der Waals surface area contributed by atoms with Crippen LogP contribution in [0.15, 0.2) is 146 Å². The van der Waals surface area contributed by atoms with Crippen molar-refractivity contribution in [3.05, 3.63) is 168 Å². The lowest BCUT2D eigenvalue weighted by atomic mass is 9.78. The Kier molecular flexibility index (Phi) is 5.50. The van der Waals surface area contributed by atoms with E-state index in [0.29, 0.717) is 0 Å². The number of fused-ring (bicyclic) bond motifs is 10. The monoisotopic (exact) mass is 612 g/mol. The highest BCUT2D eigenvalue weighted by atomic mass is 14.5. The largest absolute Gasteiger partial charge is 0.0619 e. The van der Waals surface area contributed by atoms with Crippen molar-refractivity contribution in [1.82, 2.24) is 0 Å². The molecule has 0 nitrogen and oxygen atoms in total. The molecule has 0 N–H and O–H groups in total. The molecule has 0 heteroatoms. The third kappa shape index (κ3) is 3.50. The van der Waals surface area contributed by atoms with Crippen LogP contribution in [0.25, 0.3) is 76.8 Å². The lowest BCUT2D eigenvalue weighted by Gasteiger charge is -2.24. The first-order valence-corrected chi connectivity index (χ1v) is 17.2. The SMILES string of the molecule is CC1(C)c2ccccc2-c2c1ccc1c2-c2ccc(-c3c4ccccc4c(-c4cccc5ccccc45)c4ccccc34)cc2C1(C)C. The van der Waals surface area contributed by atoms with Gasteiger partial charge in [0.15, 0.2) is 0 Å². The fraction of sp³-hybridized carbons (Fsp3) is 0.125. The summed E-state index contributed by atoms with van der Waals surface area (Å²) in [6.07, 6.45) is 0. The van der Waals surface area contributed by atoms with Gasteiger partial charge in [-0.05, 0) is 105 Å². The second kappa shape index (κ2) is 9.55. The fourth-order valence-electron chi connectivity index (χ4n) is 9.35. The van der Waals surface area contributed by atoms with Crippen molar-refractivity contribution in [2.75, 3.05) is 0 Å². The van der Waals surface area contributed by atoms with Crippen LogP contribution in [-0.2, 0) is 10.8 Å². The van der Waals surface area contributed by atoms with Crippen LogP contribution in [0.4, 0.5) is 0 Å². The molecule has 10 rings (SSSR count). The van der Waals surface area contributed by atoms with Gasteiger partial charge in [-0.15, -0.1) is 0 Å². The molecule has 0 radical (unpaired) electrons. The summed E-state index contributed by atoms with van der Waals surface area (Å²) in [6.45, 7) is 9.60. The first-order chi connectivity index (χ1) is 23.4. The van der Waals surface area contributed by atoms with Crippen LogP contribution in [0.1, 0.15) is 49.9 Å². The summed E-state index contributed by atoms with van der Waals surface area (Å²) >= 11 is 0. The van der Waals surface area contributed by atoms with E-state index < -0.39 is 0 Å². The van der Waals surface area contributed by atoms with E-state index in [9.17, 15) is 0 Å². The number of rotatable bonds is 2. The van der Waals surface area contributed by atoms with Gasteiger partial charge >= 0.3 is 0 Å². The number of hydrogen-bond acceptors (Lipinski definition) is 0. The van der Waals surface area contributed by atoms with Gasteiger partial charge in [-0.1, -0.05) is 167 Å². The minimum absolute atomic E-state index is 0.0164. The first-order valence-electron chi connectivity index (χ1n) is 17.2. The molecule has 2 aliphatic carbocycles. The molecular weight excluding hydrogens is 577 g/mol. The van der Waals surface area contributed by atoms with Crippen molar-refractivity contribution in [2.24, 2.45) is 0 Å². The van der Waals surface area contributed by atoms with E-state index >= 15 is 0 Å². The highest BCUT2D eigenvalue weighted by Crippen LogP contribution is 2.59. The lowest BCUT2D eigenvalue weighted by molar-refractivity contribution is 0.651. The molecule has 0 fully saturated rings. The molecule has 0 atom stereocenters. The molecule has 8 aromatic carbocycles. The van der Waals surface area contributed by atoms with Crippen LogP contribution in [0.5, 0.6) is 0 Å². The summed E-state index contributed by atoms with van der Waals surface area (Å²) < 4.78 is 0. The van der Waals surface area contributed by atoms with Crippen molar-refractivity contribution in [2.45, 2.75) is 38.5 Å². The summed E-state index contributed by atoms with van der Waals surface area (Å²) in [6, 6.07) is 54.8. The van der Waals surface area contributed by atoms with Crippen LogP contribution in [0.3, 0.4) is 0 Å². The van der Waals surface area contributed by atoms with E-state index in [-0.39, 0.29) is 10.8 Å². The Hall–Kier alpha value is -5.46. The molecule has 0 heterocycles. The van der Waals surface area contributed by atoms with Gasteiger partial charge in [0.1, 0.15) is 0 Å². The normalized spacial score (nSPS) is 15.0. The van der Waals surface area contributed by atoms with Crippen molar-refractivity contribution in [1.29, 1.82) is 0 Å². The van der Waals surface area contributed by atoms with Crippen molar-refractivity contribution in [3.63, 3.8) is 0 Å². The van der Waals surface area contributed by atoms with E-state index in [4.69, 9.17) is 0 Å². The highest BCUT2D eigenvalue weighted by Gasteiger charge is 2.43. The summed E-state index contributed by atoms with van der Waals surface area (Å²) in [7, 11) is 0. The minimum Gasteiger partial charge on any atom is -0.0619 e. The van der Waals surface area contributed by atoms with Gasteiger partial charge in [-0.25, -0.2) is 0 Å². The molecule has 2 aliphatic rings. The van der Waals surface area contributed by atoms with E-state index in [0.717, 1.165) is 0 Å². The first kappa shape index (κ1) is 27.6. The number of benzene rings is 8. The third-order valence-electron chi connectivity index (χ3n) is 11.7. The predicted molar refractivity (Wildman–Crippen MR) is 205 cm³/mol. The van der Waals surface area contributed by atoms with Gasteiger partial charge in [-0.2, -0.15) is 0 Å². The Bertz CT molecular complexity index is 2600. The maximum atomic E-state index is 2.51. The zero-order valence-corrected chi connectivity index (χ0v) is 27.9. The van der Waals surface area contributed by atoms with Crippen molar-refractivity contribution < 1.29 is 0 Å². The summed E-state index contributed by atoms with van der Waals surface area (Å²) in [4.78, 5) is 0. The van der Waals surface area contributed by atoms with Crippen LogP contribution < -0.4 is 0 Å². The van der Waals surface area contributed by atoms with Crippen LogP contribution >= 0.6 is 0 Å². The predicted octanol–water partition coefficient (Wildman–Crippen LogP) is 13.1. The van der Waals surface area contributed by atoms with Gasteiger partial charge < -0.3 is 0 Å². The maximum absolute atomic E-state index is 2.51. The van der Waals surface area contributed by atoms with Crippen molar-refractivity contribution >= 4 is 32.3 Å². The molecule has 0 aliphatic heterocycles. The maximum Gasteiger partial charge on any atom is 0.0159 e. The van der Waals surface area contributed by atoms with Crippen molar-refractivity contribution in [3.8, 4) is 44.5 Å². The minimum atomic E-state index is -0.119. The van der Waals surface area contributed by atoms with Gasteiger partial charge in [0.05, 0.1) is 0 Å².